The number of alkyl halides is 3. The second-order valence-corrected chi connectivity index (χ2v) is 7.08. The molecule has 2 rings (SSSR count). The van der Waals surface area contributed by atoms with Gasteiger partial charge in [0.1, 0.15) is 11.4 Å². The van der Waals surface area contributed by atoms with E-state index < -0.39 is 35.2 Å². The van der Waals surface area contributed by atoms with Gasteiger partial charge < -0.3 is 9.84 Å². The van der Waals surface area contributed by atoms with E-state index in [0.717, 1.165) is 0 Å². The normalized spacial score (nSPS) is 11.8. The van der Waals surface area contributed by atoms with Crippen molar-refractivity contribution >= 4 is 17.9 Å². The van der Waals surface area contributed by atoms with Gasteiger partial charge in [-0.25, -0.2) is 14.3 Å². The molecule has 0 aliphatic rings. The lowest BCUT2D eigenvalue weighted by Gasteiger charge is -2.19. The van der Waals surface area contributed by atoms with Gasteiger partial charge in [-0.1, -0.05) is 12.1 Å². The molecule has 0 spiro atoms. The Morgan fingerprint density at radius 2 is 1.90 bits per heavy atom. The molecule has 3 N–H and O–H groups in total. The maximum Gasteiger partial charge on any atom is 0.435 e. The number of hydrogen-bond acceptors (Lipinski definition) is 5. The Labute approximate surface area is 163 Å². The van der Waals surface area contributed by atoms with Crippen molar-refractivity contribution in [3.05, 3.63) is 47.3 Å². The molecule has 8 nitrogen and oxygen atoms in total. The molecule has 0 saturated heterocycles. The Morgan fingerprint density at radius 1 is 1.24 bits per heavy atom. The predicted octanol–water partition coefficient (Wildman–Crippen LogP) is 3.63. The Hall–Kier alpha value is -3.37. The lowest BCUT2D eigenvalue weighted by molar-refractivity contribution is -0.141. The van der Waals surface area contributed by atoms with Crippen LogP contribution in [-0.4, -0.2) is 38.4 Å². The smallest absolute Gasteiger partial charge is 0.435 e. The van der Waals surface area contributed by atoms with Crippen molar-refractivity contribution < 1.29 is 32.6 Å². The monoisotopic (exact) mass is 412 g/mol. The first kappa shape index (κ1) is 21.9. The highest BCUT2D eigenvalue weighted by Crippen LogP contribution is 2.29. The second-order valence-electron chi connectivity index (χ2n) is 7.08. The molecule has 1 aromatic carbocycles. The molecular weight excluding hydrogens is 393 g/mol. The fourth-order valence-corrected chi connectivity index (χ4v) is 2.34. The van der Waals surface area contributed by atoms with Gasteiger partial charge in [0.2, 0.25) is 0 Å². The van der Waals surface area contributed by atoms with Gasteiger partial charge in [0.05, 0.1) is 5.69 Å². The minimum Gasteiger partial charge on any atom is -0.477 e. The Morgan fingerprint density at radius 3 is 2.45 bits per heavy atom. The molecule has 0 unspecified atom stereocenters. The van der Waals surface area contributed by atoms with Crippen LogP contribution in [-0.2, 0) is 17.3 Å². The van der Waals surface area contributed by atoms with Crippen LogP contribution in [0.5, 0.6) is 0 Å². The van der Waals surface area contributed by atoms with Crippen molar-refractivity contribution in [1.82, 2.24) is 15.1 Å². The highest BCUT2D eigenvalue weighted by atomic mass is 19.4. The SMILES string of the molecule is CC(C)(C)OC(=O)NC(=N)Cc1cccc(-n2nc(C(F)(F)F)cc2C(=O)O)c1. The van der Waals surface area contributed by atoms with E-state index in [1.54, 1.807) is 26.8 Å². The number of carboxylic acid groups (broad SMARTS) is 1. The van der Waals surface area contributed by atoms with Gasteiger partial charge in [0.15, 0.2) is 11.4 Å². The van der Waals surface area contributed by atoms with E-state index >= 15 is 0 Å². The Bertz CT molecular complexity index is 945. The Balaban J connectivity index is 2.24. The third kappa shape index (κ3) is 6.06. The molecule has 0 atom stereocenters. The largest absolute Gasteiger partial charge is 0.477 e. The van der Waals surface area contributed by atoms with Gasteiger partial charge in [-0.2, -0.15) is 18.3 Å². The Kier molecular flexibility index (Phi) is 6.00. The maximum absolute atomic E-state index is 12.9. The van der Waals surface area contributed by atoms with Crippen LogP contribution in [0.3, 0.4) is 0 Å². The summed E-state index contributed by atoms with van der Waals surface area (Å²) in [5, 5.41) is 22.7. The molecule has 1 heterocycles. The zero-order valence-electron chi connectivity index (χ0n) is 15.8. The van der Waals surface area contributed by atoms with Gasteiger partial charge in [-0.3, -0.25) is 10.7 Å². The van der Waals surface area contributed by atoms with Crippen molar-refractivity contribution in [1.29, 1.82) is 5.41 Å². The molecule has 0 bridgehead atoms. The number of hydrogen-bond donors (Lipinski definition) is 3. The fraction of sp³-hybridized carbons (Fsp3) is 0.333. The minimum absolute atomic E-state index is 0.0666. The van der Waals surface area contributed by atoms with E-state index in [4.69, 9.17) is 10.1 Å². The third-order valence-corrected chi connectivity index (χ3v) is 3.41. The predicted molar refractivity (Wildman–Crippen MR) is 96.3 cm³/mol. The average Bonchev–Trinajstić information content (AvgIpc) is 2.98. The number of carbonyl (C=O) groups is 2. The van der Waals surface area contributed by atoms with Gasteiger partial charge in [0.25, 0.3) is 0 Å². The molecular formula is C18H19F3N4O4. The number of halogens is 3. The van der Waals surface area contributed by atoms with Crippen LogP contribution in [0, 0.1) is 5.41 Å². The van der Waals surface area contributed by atoms with Crippen molar-refractivity contribution in [3.8, 4) is 5.69 Å². The van der Waals surface area contributed by atoms with Crippen molar-refractivity contribution in [2.75, 3.05) is 0 Å². The first-order valence-corrected chi connectivity index (χ1v) is 8.33. The topological polar surface area (TPSA) is 117 Å². The molecule has 0 fully saturated rings. The number of carbonyl (C=O) groups excluding carboxylic acids is 1. The van der Waals surface area contributed by atoms with Gasteiger partial charge in [-0.15, -0.1) is 0 Å². The summed E-state index contributed by atoms with van der Waals surface area (Å²) in [5.74, 6) is -1.77. The highest BCUT2D eigenvalue weighted by Gasteiger charge is 2.36. The van der Waals surface area contributed by atoms with Gasteiger partial charge in [0, 0.05) is 12.5 Å². The number of amides is 1. The molecule has 0 aliphatic heterocycles. The number of amidine groups is 1. The number of carboxylic acids is 1. The zero-order valence-corrected chi connectivity index (χ0v) is 15.8. The molecule has 0 aliphatic carbocycles. The summed E-state index contributed by atoms with van der Waals surface area (Å²) < 4.78 is 44.4. The van der Waals surface area contributed by atoms with Crippen LogP contribution in [0.25, 0.3) is 5.69 Å². The minimum atomic E-state index is -4.80. The highest BCUT2D eigenvalue weighted by molar-refractivity contribution is 5.94. The van der Waals surface area contributed by atoms with Crippen molar-refractivity contribution in [2.24, 2.45) is 0 Å². The summed E-state index contributed by atoms with van der Waals surface area (Å²) in [7, 11) is 0. The first-order valence-electron chi connectivity index (χ1n) is 8.33. The van der Waals surface area contributed by atoms with E-state index in [0.29, 0.717) is 16.3 Å². The van der Waals surface area contributed by atoms with E-state index in [9.17, 15) is 27.9 Å². The number of benzene rings is 1. The number of alkyl carbamates (subject to hydrolysis) is 1. The number of rotatable bonds is 4. The molecule has 1 aromatic heterocycles. The molecule has 29 heavy (non-hydrogen) atoms. The molecule has 156 valence electrons. The summed E-state index contributed by atoms with van der Waals surface area (Å²) >= 11 is 0. The lowest BCUT2D eigenvalue weighted by Crippen LogP contribution is -2.36. The summed E-state index contributed by atoms with van der Waals surface area (Å²) in [6.45, 7) is 5.00. The van der Waals surface area contributed by atoms with Crippen LogP contribution in [0.1, 0.15) is 42.5 Å². The summed E-state index contributed by atoms with van der Waals surface area (Å²) in [6.07, 6.45) is -5.68. The molecule has 2 aromatic rings. The standard InChI is InChI=1S/C18H19F3N4O4/c1-17(2,3)29-16(28)23-14(22)8-10-5-4-6-11(7-10)25-12(15(26)27)9-13(24-25)18(19,20)21/h4-7,9H,8H2,1-3H3,(H,26,27)(H2,22,23,28). The zero-order chi connectivity index (χ0) is 22.0. The average molecular weight is 412 g/mol. The maximum atomic E-state index is 12.9. The quantitative estimate of drug-likeness (QED) is 0.524. The first-order chi connectivity index (χ1) is 13.3. The molecule has 11 heteroatoms. The molecule has 0 radical (unpaired) electrons. The fourth-order valence-electron chi connectivity index (χ4n) is 2.34. The van der Waals surface area contributed by atoms with E-state index in [1.165, 1.54) is 18.2 Å². The van der Waals surface area contributed by atoms with Gasteiger partial charge in [-0.05, 0) is 38.5 Å². The van der Waals surface area contributed by atoms with Gasteiger partial charge >= 0.3 is 18.2 Å². The van der Waals surface area contributed by atoms with Crippen molar-refractivity contribution in [2.45, 2.75) is 39.0 Å². The van der Waals surface area contributed by atoms with E-state index in [2.05, 4.69) is 10.4 Å². The number of aromatic nitrogens is 2. The van der Waals surface area contributed by atoms with Crippen LogP contribution in [0.15, 0.2) is 30.3 Å². The van der Waals surface area contributed by atoms with Crippen LogP contribution in [0.4, 0.5) is 18.0 Å². The summed E-state index contributed by atoms with van der Waals surface area (Å²) in [6, 6.07) is 6.26. The molecule has 0 saturated carbocycles. The van der Waals surface area contributed by atoms with Crippen LogP contribution < -0.4 is 5.32 Å². The molecule has 1 amide bonds. The van der Waals surface area contributed by atoms with E-state index in [1.807, 2.05) is 0 Å². The number of nitrogens with zero attached hydrogens (tertiary/aromatic N) is 2. The lowest BCUT2D eigenvalue weighted by atomic mass is 10.1. The summed E-state index contributed by atoms with van der Waals surface area (Å²) in [4.78, 5) is 23.0. The summed E-state index contributed by atoms with van der Waals surface area (Å²) in [5.41, 5.74) is -2.21. The van der Waals surface area contributed by atoms with E-state index in [-0.39, 0.29) is 17.9 Å². The second kappa shape index (κ2) is 7.94. The van der Waals surface area contributed by atoms with Crippen LogP contribution >= 0.6 is 0 Å². The number of aromatic carboxylic acids is 1. The number of nitrogens with one attached hydrogen (secondary N) is 2. The van der Waals surface area contributed by atoms with Crippen LogP contribution in [0.2, 0.25) is 0 Å². The third-order valence-electron chi connectivity index (χ3n) is 3.41. The van der Waals surface area contributed by atoms with Crippen molar-refractivity contribution in [3.63, 3.8) is 0 Å². The number of ether oxygens (including phenoxy) is 1.